The second-order valence-electron chi connectivity index (χ2n) is 6.41. The van der Waals surface area contributed by atoms with E-state index in [0.717, 1.165) is 23.0 Å². The summed E-state index contributed by atoms with van der Waals surface area (Å²) in [5.41, 5.74) is 1.70. The molecule has 2 aromatic carbocycles. The number of pyridine rings is 1. The molecule has 1 amide bonds. The molecule has 3 aromatic rings. The van der Waals surface area contributed by atoms with Crippen molar-refractivity contribution in [2.24, 2.45) is 5.92 Å². The predicted octanol–water partition coefficient (Wildman–Crippen LogP) is 4.71. The summed E-state index contributed by atoms with van der Waals surface area (Å²) >= 11 is 6.22. The molecule has 0 bridgehead atoms. The van der Waals surface area contributed by atoms with Crippen molar-refractivity contribution in [3.63, 3.8) is 0 Å². The first kappa shape index (κ1) is 16.9. The van der Waals surface area contributed by atoms with Crippen LogP contribution in [0.1, 0.15) is 12.8 Å². The number of amides is 1. The van der Waals surface area contributed by atoms with E-state index in [0.29, 0.717) is 30.5 Å². The summed E-state index contributed by atoms with van der Waals surface area (Å²) in [6.45, 7) is 1.17. The van der Waals surface area contributed by atoms with Gasteiger partial charge in [0.25, 0.3) is 0 Å². The summed E-state index contributed by atoms with van der Waals surface area (Å²) < 4.78 is 5.78. The molecule has 1 unspecified atom stereocenters. The van der Waals surface area contributed by atoms with E-state index in [9.17, 15) is 4.79 Å². The fourth-order valence-electron chi connectivity index (χ4n) is 3.35. The molecule has 1 fully saturated rings. The van der Waals surface area contributed by atoms with Gasteiger partial charge >= 0.3 is 0 Å². The van der Waals surface area contributed by atoms with Gasteiger partial charge in [-0.1, -0.05) is 41.9 Å². The zero-order valence-corrected chi connectivity index (χ0v) is 15.0. The molecule has 1 aliphatic rings. The Kier molecular flexibility index (Phi) is 4.76. The van der Waals surface area contributed by atoms with Crippen LogP contribution in [0.25, 0.3) is 10.9 Å². The third-order valence-electron chi connectivity index (χ3n) is 4.75. The highest BCUT2D eigenvalue weighted by atomic mass is 35.5. The van der Waals surface area contributed by atoms with Crippen LogP contribution >= 0.6 is 11.6 Å². The van der Waals surface area contributed by atoms with Gasteiger partial charge in [-0.05, 0) is 37.1 Å². The van der Waals surface area contributed by atoms with Gasteiger partial charge in [-0.15, -0.1) is 0 Å². The van der Waals surface area contributed by atoms with Gasteiger partial charge in [0.2, 0.25) is 11.8 Å². The van der Waals surface area contributed by atoms with Gasteiger partial charge in [0.05, 0.1) is 22.8 Å². The topological polar surface area (TPSA) is 42.4 Å². The summed E-state index contributed by atoms with van der Waals surface area (Å²) in [4.78, 5) is 18.9. The maximum absolute atomic E-state index is 12.7. The number of carbonyl (C=O) groups excluding carboxylic acids is 1. The average Bonchev–Trinajstić information content (AvgIpc) is 3.03. The lowest BCUT2D eigenvalue weighted by Gasteiger charge is -2.18. The molecule has 2 heterocycles. The number of benzene rings is 2. The number of carbonyl (C=O) groups is 1. The quantitative estimate of drug-likeness (QED) is 0.656. The Labute approximate surface area is 157 Å². The van der Waals surface area contributed by atoms with Crippen LogP contribution in [0.5, 0.6) is 5.88 Å². The Bertz CT molecular complexity index is 944. The molecule has 0 radical (unpaired) electrons. The summed E-state index contributed by atoms with van der Waals surface area (Å²) in [5.74, 6) is 0.678. The Morgan fingerprint density at radius 3 is 2.77 bits per heavy atom. The van der Waals surface area contributed by atoms with Gasteiger partial charge in [-0.25, -0.2) is 4.98 Å². The smallest absolute Gasteiger partial charge is 0.230 e. The van der Waals surface area contributed by atoms with Crippen LogP contribution in [0.3, 0.4) is 0 Å². The van der Waals surface area contributed by atoms with Crippen LogP contribution in [0.15, 0.2) is 60.7 Å². The van der Waals surface area contributed by atoms with Crippen molar-refractivity contribution in [3.8, 4) is 5.88 Å². The molecule has 0 spiro atoms. The van der Waals surface area contributed by atoms with E-state index in [2.05, 4.69) is 4.98 Å². The van der Waals surface area contributed by atoms with Gasteiger partial charge in [-0.2, -0.15) is 0 Å². The normalized spacial score (nSPS) is 17.0. The molecule has 1 aliphatic heterocycles. The molecule has 1 aromatic heterocycles. The number of halogens is 1. The van der Waals surface area contributed by atoms with Crippen molar-refractivity contribution >= 4 is 34.1 Å². The zero-order chi connectivity index (χ0) is 17.9. The predicted molar refractivity (Wildman–Crippen MR) is 104 cm³/mol. The summed E-state index contributed by atoms with van der Waals surface area (Å²) in [6.07, 6.45) is 1.49. The van der Waals surface area contributed by atoms with Crippen molar-refractivity contribution in [2.45, 2.75) is 12.8 Å². The van der Waals surface area contributed by atoms with Gasteiger partial charge in [0, 0.05) is 23.9 Å². The van der Waals surface area contributed by atoms with E-state index < -0.39 is 0 Å². The van der Waals surface area contributed by atoms with Crippen LogP contribution in [0.2, 0.25) is 5.02 Å². The molecule has 0 saturated carbocycles. The van der Waals surface area contributed by atoms with Gasteiger partial charge in [0.1, 0.15) is 0 Å². The van der Waals surface area contributed by atoms with Crippen molar-refractivity contribution in [2.75, 3.05) is 18.1 Å². The number of para-hydroxylation sites is 2. The fourth-order valence-corrected chi connectivity index (χ4v) is 3.59. The molecular formula is C21H19ClN2O2. The highest BCUT2D eigenvalue weighted by Crippen LogP contribution is 2.32. The molecule has 26 heavy (non-hydrogen) atoms. The molecular weight excluding hydrogens is 348 g/mol. The Hall–Kier alpha value is -2.59. The maximum atomic E-state index is 12.7. The van der Waals surface area contributed by atoms with Crippen LogP contribution in [0, 0.1) is 5.92 Å². The molecule has 132 valence electrons. The van der Waals surface area contributed by atoms with Crippen molar-refractivity contribution in [1.29, 1.82) is 0 Å². The molecule has 0 N–H and O–H groups in total. The monoisotopic (exact) mass is 366 g/mol. The van der Waals surface area contributed by atoms with Gasteiger partial charge in [-0.3, -0.25) is 4.79 Å². The molecule has 5 heteroatoms. The second-order valence-corrected chi connectivity index (χ2v) is 6.81. The summed E-state index contributed by atoms with van der Waals surface area (Å²) in [5, 5.41) is 1.69. The summed E-state index contributed by atoms with van der Waals surface area (Å²) in [7, 11) is 0. The van der Waals surface area contributed by atoms with E-state index >= 15 is 0 Å². The van der Waals surface area contributed by atoms with E-state index in [1.807, 2.05) is 60.7 Å². The Morgan fingerprint density at radius 2 is 1.88 bits per heavy atom. The third kappa shape index (κ3) is 3.37. The van der Waals surface area contributed by atoms with E-state index in [1.165, 1.54) is 0 Å². The number of anilines is 1. The number of rotatable bonds is 5. The number of hydrogen-bond donors (Lipinski definition) is 0. The minimum atomic E-state index is -0.0354. The maximum Gasteiger partial charge on any atom is 0.230 e. The van der Waals surface area contributed by atoms with Crippen molar-refractivity contribution < 1.29 is 9.53 Å². The highest BCUT2D eigenvalue weighted by Gasteiger charge is 2.33. The molecule has 4 rings (SSSR count). The number of fused-ring (bicyclic) bond motifs is 1. The lowest BCUT2D eigenvalue weighted by molar-refractivity contribution is -0.120. The minimum Gasteiger partial charge on any atom is -0.478 e. The van der Waals surface area contributed by atoms with Crippen molar-refractivity contribution in [1.82, 2.24) is 4.98 Å². The SMILES string of the molecule is O=C1C(CCOc2ccc3ccccc3n2)CCN1c1ccccc1Cl. The van der Waals surface area contributed by atoms with Crippen LogP contribution < -0.4 is 9.64 Å². The third-order valence-corrected chi connectivity index (χ3v) is 5.07. The zero-order valence-electron chi connectivity index (χ0n) is 14.3. The lowest BCUT2D eigenvalue weighted by atomic mass is 10.1. The van der Waals surface area contributed by atoms with Crippen molar-refractivity contribution in [3.05, 3.63) is 65.7 Å². The number of aromatic nitrogens is 1. The van der Waals surface area contributed by atoms with Crippen LogP contribution in [-0.2, 0) is 4.79 Å². The van der Waals surface area contributed by atoms with E-state index in [-0.39, 0.29) is 11.8 Å². The standard InChI is InChI=1S/C21H19ClN2O2/c22-17-6-2-4-8-19(17)24-13-11-16(21(24)25)12-14-26-20-10-9-15-5-1-3-7-18(15)23-20/h1-10,16H,11-14H2. The van der Waals surface area contributed by atoms with Gasteiger partial charge < -0.3 is 9.64 Å². The van der Waals surface area contributed by atoms with E-state index in [4.69, 9.17) is 16.3 Å². The first-order valence-electron chi connectivity index (χ1n) is 8.77. The van der Waals surface area contributed by atoms with Gasteiger partial charge in [0.15, 0.2) is 0 Å². The highest BCUT2D eigenvalue weighted by molar-refractivity contribution is 6.33. The molecule has 4 nitrogen and oxygen atoms in total. The summed E-state index contributed by atoms with van der Waals surface area (Å²) in [6, 6.07) is 19.3. The Balaban J connectivity index is 1.36. The molecule has 1 atom stereocenters. The first-order chi connectivity index (χ1) is 12.7. The fraction of sp³-hybridized carbons (Fsp3) is 0.238. The molecule has 1 saturated heterocycles. The Morgan fingerprint density at radius 1 is 1.08 bits per heavy atom. The number of hydrogen-bond acceptors (Lipinski definition) is 3. The number of ether oxygens (including phenoxy) is 1. The van der Waals surface area contributed by atoms with Crippen LogP contribution in [-0.4, -0.2) is 24.0 Å². The second kappa shape index (κ2) is 7.34. The largest absolute Gasteiger partial charge is 0.478 e. The minimum absolute atomic E-state index is 0.0354. The van der Waals surface area contributed by atoms with Crippen LogP contribution in [0.4, 0.5) is 5.69 Å². The lowest BCUT2D eigenvalue weighted by Crippen LogP contribution is -2.27. The average molecular weight is 367 g/mol. The molecule has 0 aliphatic carbocycles. The first-order valence-corrected chi connectivity index (χ1v) is 9.15. The van der Waals surface area contributed by atoms with E-state index in [1.54, 1.807) is 4.90 Å². The number of nitrogens with zero attached hydrogens (tertiary/aromatic N) is 2.